The van der Waals surface area contributed by atoms with Crippen molar-refractivity contribution < 1.29 is 9.18 Å². The normalized spacial score (nSPS) is 11.2. The third-order valence-electron chi connectivity index (χ3n) is 3.44. The number of halogens is 4. The quantitative estimate of drug-likeness (QED) is 0.645. The largest absolute Gasteiger partial charge is 0.341 e. The van der Waals surface area contributed by atoms with Gasteiger partial charge in [0.25, 0.3) is 0 Å². The van der Waals surface area contributed by atoms with Crippen LogP contribution in [-0.4, -0.2) is 10.8 Å². The van der Waals surface area contributed by atoms with Crippen LogP contribution in [0.5, 0.6) is 0 Å². The summed E-state index contributed by atoms with van der Waals surface area (Å²) >= 11 is 17.6. The number of aromatic amines is 1. The molecule has 0 atom stereocenters. The lowest BCUT2D eigenvalue weighted by atomic mass is 9.97. The van der Waals surface area contributed by atoms with Gasteiger partial charge in [-0.3, -0.25) is 4.79 Å². The SMILES string of the molecule is CC(C)c1cc(CCC(=O)c2[nH]c(Cl)c(Cl)c2Cl)ccc1F. The Bertz CT molecular complexity index is 710. The number of benzene rings is 1. The smallest absolute Gasteiger partial charge is 0.180 e. The Morgan fingerprint density at radius 2 is 1.91 bits per heavy atom. The summed E-state index contributed by atoms with van der Waals surface area (Å²) in [5.74, 6) is -0.323. The lowest BCUT2D eigenvalue weighted by Crippen LogP contribution is -2.03. The number of ketones is 1. The molecule has 0 aliphatic carbocycles. The lowest BCUT2D eigenvalue weighted by Gasteiger charge is -2.09. The molecule has 0 fully saturated rings. The minimum absolute atomic E-state index is 0.0890. The van der Waals surface area contributed by atoms with Crippen LogP contribution in [0.25, 0.3) is 0 Å². The minimum atomic E-state index is -0.226. The number of rotatable bonds is 5. The molecule has 22 heavy (non-hydrogen) atoms. The van der Waals surface area contributed by atoms with E-state index < -0.39 is 0 Å². The first-order valence-electron chi connectivity index (χ1n) is 6.85. The van der Waals surface area contributed by atoms with Crippen LogP contribution in [0, 0.1) is 5.82 Å². The first-order chi connectivity index (χ1) is 10.3. The molecule has 2 nitrogen and oxygen atoms in total. The van der Waals surface area contributed by atoms with E-state index in [1.165, 1.54) is 6.07 Å². The molecule has 1 heterocycles. The number of aryl methyl sites for hydroxylation is 1. The van der Waals surface area contributed by atoms with Crippen LogP contribution in [0.2, 0.25) is 15.2 Å². The van der Waals surface area contributed by atoms with Crippen molar-refractivity contribution >= 4 is 40.6 Å². The molecule has 0 bridgehead atoms. The summed E-state index contributed by atoms with van der Waals surface area (Å²) in [4.78, 5) is 14.9. The minimum Gasteiger partial charge on any atom is -0.341 e. The van der Waals surface area contributed by atoms with Gasteiger partial charge in [-0.2, -0.15) is 0 Å². The average Bonchev–Trinajstić information content (AvgIpc) is 2.73. The van der Waals surface area contributed by atoms with Crippen molar-refractivity contribution in [1.29, 1.82) is 0 Å². The molecular weight excluding hydrogens is 348 g/mol. The summed E-state index contributed by atoms with van der Waals surface area (Å²) in [5, 5.41) is 0.438. The molecular formula is C16H15Cl3FNO. The van der Waals surface area contributed by atoms with E-state index in [2.05, 4.69) is 4.98 Å². The Labute approximate surface area is 143 Å². The second-order valence-corrected chi connectivity index (χ2v) is 6.51. The van der Waals surface area contributed by atoms with Crippen molar-refractivity contribution in [3.05, 3.63) is 56.0 Å². The van der Waals surface area contributed by atoms with Gasteiger partial charge in [0.2, 0.25) is 0 Å². The Hall–Kier alpha value is -1.03. The van der Waals surface area contributed by atoms with Crippen molar-refractivity contribution in [1.82, 2.24) is 4.98 Å². The molecule has 0 saturated carbocycles. The summed E-state index contributed by atoms with van der Waals surface area (Å²) < 4.78 is 13.7. The number of aromatic nitrogens is 1. The third-order valence-corrected chi connectivity index (χ3v) is 4.67. The highest BCUT2D eigenvalue weighted by Gasteiger charge is 2.19. The summed E-state index contributed by atoms with van der Waals surface area (Å²) in [5.41, 5.74) is 1.76. The fourth-order valence-corrected chi connectivity index (χ4v) is 2.82. The molecule has 0 radical (unpaired) electrons. The molecule has 1 aromatic heterocycles. The van der Waals surface area contributed by atoms with Crippen LogP contribution >= 0.6 is 34.8 Å². The molecule has 2 rings (SSSR count). The molecule has 1 aromatic carbocycles. The predicted molar refractivity (Wildman–Crippen MR) is 89.0 cm³/mol. The molecule has 0 spiro atoms. The highest BCUT2D eigenvalue weighted by molar-refractivity contribution is 6.49. The van der Waals surface area contributed by atoms with Gasteiger partial charge in [-0.25, -0.2) is 4.39 Å². The van der Waals surface area contributed by atoms with E-state index in [0.717, 1.165) is 5.56 Å². The Morgan fingerprint density at radius 1 is 1.23 bits per heavy atom. The lowest BCUT2D eigenvalue weighted by molar-refractivity contribution is 0.0979. The zero-order chi connectivity index (χ0) is 16.4. The second kappa shape index (κ2) is 7.03. The van der Waals surface area contributed by atoms with Crippen molar-refractivity contribution in [2.75, 3.05) is 0 Å². The predicted octanol–water partition coefficient (Wildman–Crippen LogP) is 6.05. The third kappa shape index (κ3) is 3.65. The number of hydrogen-bond acceptors (Lipinski definition) is 1. The molecule has 2 aromatic rings. The average molecular weight is 363 g/mol. The van der Waals surface area contributed by atoms with Gasteiger partial charge in [0, 0.05) is 6.42 Å². The van der Waals surface area contributed by atoms with Crippen LogP contribution in [0.1, 0.15) is 47.8 Å². The fourth-order valence-electron chi connectivity index (χ4n) is 2.19. The number of carbonyl (C=O) groups excluding carboxylic acids is 1. The maximum atomic E-state index is 13.7. The number of carbonyl (C=O) groups is 1. The molecule has 118 valence electrons. The Morgan fingerprint density at radius 3 is 2.45 bits per heavy atom. The van der Waals surface area contributed by atoms with Crippen molar-refractivity contribution in [3.63, 3.8) is 0 Å². The van der Waals surface area contributed by atoms with Gasteiger partial charge in [0.05, 0.1) is 10.0 Å². The summed E-state index contributed by atoms with van der Waals surface area (Å²) in [6.07, 6.45) is 0.722. The van der Waals surface area contributed by atoms with E-state index in [1.54, 1.807) is 12.1 Å². The van der Waals surface area contributed by atoms with Crippen molar-refractivity contribution in [3.8, 4) is 0 Å². The molecule has 0 aliphatic rings. The highest BCUT2D eigenvalue weighted by atomic mass is 35.5. The van der Waals surface area contributed by atoms with Crippen LogP contribution in [0.4, 0.5) is 4.39 Å². The Balaban J connectivity index is 2.11. The topological polar surface area (TPSA) is 32.9 Å². The maximum Gasteiger partial charge on any atom is 0.180 e. The van der Waals surface area contributed by atoms with E-state index in [0.29, 0.717) is 12.0 Å². The van der Waals surface area contributed by atoms with Gasteiger partial charge in [-0.15, -0.1) is 0 Å². The molecule has 0 aliphatic heterocycles. The van der Waals surface area contributed by atoms with Crippen molar-refractivity contribution in [2.45, 2.75) is 32.6 Å². The van der Waals surface area contributed by atoms with Gasteiger partial charge in [-0.1, -0.05) is 60.8 Å². The summed E-state index contributed by atoms with van der Waals surface area (Å²) in [6, 6.07) is 4.92. The van der Waals surface area contributed by atoms with Gasteiger partial charge in [-0.05, 0) is 29.5 Å². The molecule has 0 saturated heterocycles. The molecule has 1 N–H and O–H groups in total. The number of Topliss-reactive ketones (excluding diaryl/α,β-unsaturated/α-hetero) is 1. The molecule has 6 heteroatoms. The highest BCUT2D eigenvalue weighted by Crippen LogP contribution is 2.33. The van der Waals surface area contributed by atoms with Crippen LogP contribution in [0.3, 0.4) is 0 Å². The van der Waals surface area contributed by atoms with Gasteiger partial charge < -0.3 is 4.98 Å². The fraction of sp³-hybridized carbons (Fsp3) is 0.312. The second-order valence-electron chi connectivity index (χ2n) is 5.38. The van der Waals surface area contributed by atoms with Gasteiger partial charge in [0.1, 0.15) is 16.7 Å². The van der Waals surface area contributed by atoms with E-state index in [9.17, 15) is 9.18 Å². The van der Waals surface area contributed by atoms with Crippen LogP contribution in [-0.2, 0) is 6.42 Å². The van der Waals surface area contributed by atoms with E-state index in [1.807, 2.05) is 13.8 Å². The van der Waals surface area contributed by atoms with Crippen LogP contribution in [0.15, 0.2) is 18.2 Å². The molecule has 0 amide bonds. The monoisotopic (exact) mass is 361 g/mol. The van der Waals surface area contributed by atoms with E-state index in [-0.39, 0.29) is 44.8 Å². The zero-order valence-electron chi connectivity index (χ0n) is 12.1. The zero-order valence-corrected chi connectivity index (χ0v) is 14.4. The van der Waals surface area contributed by atoms with Gasteiger partial charge >= 0.3 is 0 Å². The number of H-pyrrole nitrogens is 1. The summed E-state index contributed by atoms with van der Waals surface area (Å²) in [7, 11) is 0. The first kappa shape index (κ1) is 17.3. The van der Waals surface area contributed by atoms with E-state index >= 15 is 0 Å². The van der Waals surface area contributed by atoms with Crippen molar-refractivity contribution in [2.24, 2.45) is 0 Å². The van der Waals surface area contributed by atoms with Gasteiger partial charge in [0.15, 0.2) is 5.78 Å². The van der Waals surface area contributed by atoms with E-state index in [4.69, 9.17) is 34.8 Å². The Kier molecular flexibility index (Phi) is 5.54. The number of hydrogen-bond donors (Lipinski definition) is 1. The first-order valence-corrected chi connectivity index (χ1v) is 7.98. The van der Waals surface area contributed by atoms with Crippen LogP contribution < -0.4 is 0 Å². The standard InChI is InChI=1S/C16H15Cl3FNO/c1-8(2)10-7-9(3-5-11(10)20)4-6-12(22)15-13(17)14(18)16(19)21-15/h3,5,7-8,21H,4,6H2,1-2H3. The maximum absolute atomic E-state index is 13.7. The number of nitrogens with one attached hydrogen (secondary N) is 1. The molecule has 0 unspecified atom stereocenters. The summed E-state index contributed by atoms with van der Waals surface area (Å²) in [6.45, 7) is 3.85.